The summed E-state index contributed by atoms with van der Waals surface area (Å²) < 4.78 is 4.94. The van der Waals surface area contributed by atoms with Gasteiger partial charge in [-0.25, -0.2) is 4.79 Å². The third-order valence-corrected chi connectivity index (χ3v) is 2.09. The molecule has 0 atom stereocenters. The molecule has 2 rings (SSSR count). The van der Waals surface area contributed by atoms with Crippen molar-refractivity contribution in [3.63, 3.8) is 0 Å². The van der Waals surface area contributed by atoms with Crippen LogP contribution in [0, 0.1) is 0 Å². The summed E-state index contributed by atoms with van der Waals surface area (Å²) in [6.45, 7) is 0. The van der Waals surface area contributed by atoms with Crippen LogP contribution in [0.3, 0.4) is 0 Å². The Hall–Kier alpha value is -2.10. The Morgan fingerprint density at radius 2 is 2.07 bits per heavy atom. The molecule has 0 amide bonds. The molecular formula is C11H8O4. The lowest BCUT2D eigenvalue weighted by molar-refractivity contribution is -0.136. The van der Waals surface area contributed by atoms with Gasteiger partial charge in [0.25, 0.3) is 0 Å². The smallest absolute Gasteiger partial charge is 0.336 e. The van der Waals surface area contributed by atoms with Crippen LogP contribution in [0.2, 0.25) is 0 Å². The van der Waals surface area contributed by atoms with E-state index >= 15 is 0 Å². The number of carboxylic acid groups (broad SMARTS) is 1. The summed E-state index contributed by atoms with van der Waals surface area (Å²) in [6.07, 6.45) is -0.0783. The number of carbonyl (C=O) groups is 1. The number of aliphatic carboxylic acids is 1. The molecule has 0 aliphatic carbocycles. The molecule has 0 aliphatic rings. The average molecular weight is 204 g/mol. The van der Waals surface area contributed by atoms with Gasteiger partial charge in [0.15, 0.2) is 0 Å². The highest BCUT2D eigenvalue weighted by atomic mass is 16.4. The van der Waals surface area contributed by atoms with Crippen molar-refractivity contribution >= 4 is 16.9 Å². The van der Waals surface area contributed by atoms with Crippen molar-refractivity contribution in [2.45, 2.75) is 6.42 Å². The van der Waals surface area contributed by atoms with E-state index in [4.69, 9.17) is 9.52 Å². The van der Waals surface area contributed by atoms with Crippen LogP contribution in [-0.4, -0.2) is 11.1 Å². The average Bonchev–Trinajstić information content (AvgIpc) is 2.16. The summed E-state index contributed by atoms with van der Waals surface area (Å²) in [7, 11) is 0. The first-order valence-electron chi connectivity index (χ1n) is 4.40. The Labute approximate surface area is 84.8 Å². The van der Waals surface area contributed by atoms with Gasteiger partial charge in [0, 0.05) is 11.5 Å². The molecule has 0 spiro atoms. The molecule has 0 saturated heterocycles. The topological polar surface area (TPSA) is 67.5 Å². The van der Waals surface area contributed by atoms with E-state index in [1.807, 2.05) is 0 Å². The first-order valence-corrected chi connectivity index (χ1v) is 4.40. The second kappa shape index (κ2) is 3.57. The van der Waals surface area contributed by atoms with Crippen LogP contribution in [0.1, 0.15) is 5.56 Å². The van der Waals surface area contributed by atoms with Crippen LogP contribution in [-0.2, 0) is 11.2 Å². The lowest BCUT2D eigenvalue weighted by atomic mass is 10.1. The van der Waals surface area contributed by atoms with Gasteiger partial charge in [0.2, 0.25) is 0 Å². The molecule has 76 valence electrons. The molecule has 1 N–H and O–H groups in total. The van der Waals surface area contributed by atoms with E-state index in [9.17, 15) is 9.59 Å². The fourth-order valence-corrected chi connectivity index (χ4v) is 1.48. The van der Waals surface area contributed by atoms with E-state index in [1.165, 1.54) is 6.07 Å². The summed E-state index contributed by atoms with van der Waals surface area (Å²) in [4.78, 5) is 21.5. The molecule has 0 radical (unpaired) electrons. The quantitative estimate of drug-likeness (QED) is 0.751. The first kappa shape index (κ1) is 9.45. The van der Waals surface area contributed by atoms with Gasteiger partial charge in [-0.3, -0.25) is 4.79 Å². The van der Waals surface area contributed by atoms with Crippen LogP contribution >= 0.6 is 0 Å². The maximum atomic E-state index is 10.9. The van der Waals surface area contributed by atoms with E-state index in [-0.39, 0.29) is 6.42 Å². The zero-order chi connectivity index (χ0) is 10.8. The molecule has 4 heteroatoms. The second-order valence-electron chi connectivity index (χ2n) is 3.15. The van der Waals surface area contributed by atoms with Gasteiger partial charge in [-0.15, -0.1) is 0 Å². The number of rotatable bonds is 2. The Bertz CT molecular complexity index is 568. The van der Waals surface area contributed by atoms with Crippen molar-refractivity contribution in [3.8, 4) is 0 Å². The summed E-state index contributed by atoms with van der Waals surface area (Å²) in [5.74, 6) is -0.909. The van der Waals surface area contributed by atoms with E-state index in [2.05, 4.69) is 0 Å². The SMILES string of the molecule is O=C(O)Cc1cccc2oc(=O)ccc12. The highest BCUT2D eigenvalue weighted by Gasteiger charge is 2.06. The van der Waals surface area contributed by atoms with Crippen LogP contribution in [0.15, 0.2) is 39.5 Å². The second-order valence-corrected chi connectivity index (χ2v) is 3.15. The highest BCUT2D eigenvalue weighted by Crippen LogP contribution is 2.17. The Morgan fingerprint density at radius 1 is 1.27 bits per heavy atom. The molecule has 15 heavy (non-hydrogen) atoms. The summed E-state index contributed by atoms with van der Waals surface area (Å²) >= 11 is 0. The number of carboxylic acids is 1. The number of benzene rings is 1. The van der Waals surface area contributed by atoms with Crippen LogP contribution in [0.25, 0.3) is 11.0 Å². The largest absolute Gasteiger partial charge is 0.481 e. The van der Waals surface area contributed by atoms with Crippen molar-refractivity contribution in [3.05, 3.63) is 46.3 Å². The van der Waals surface area contributed by atoms with Gasteiger partial charge in [-0.2, -0.15) is 0 Å². The minimum Gasteiger partial charge on any atom is -0.481 e. The molecule has 0 saturated carbocycles. The Morgan fingerprint density at radius 3 is 2.80 bits per heavy atom. The van der Waals surface area contributed by atoms with Crippen LogP contribution in [0.4, 0.5) is 0 Å². The lowest BCUT2D eigenvalue weighted by Crippen LogP contribution is -2.02. The lowest BCUT2D eigenvalue weighted by Gasteiger charge is -2.01. The zero-order valence-electron chi connectivity index (χ0n) is 7.77. The van der Waals surface area contributed by atoms with Crippen molar-refractivity contribution in [1.29, 1.82) is 0 Å². The molecule has 1 aromatic heterocycles. The van der Waals surface area contributed by atoms with Crippen molar-refractivity contribution in [2.75, 3.05) is 0 Å². The van der Waals surface area contributed by atoms with Gasteiger partial charge in [-0.05, 0) is 17.7 Å². The molecular weight excluding hydrogens is 196 g/mol. The number of hydrogen-bond donors (Lipinski definition) is 1. The van der Waals surface area contributed by atoms with E-state index in [0.717, 1.165) is 0 Å². The van der Waals surface area contributed by atoms with Crippen molar-refractivity contribution in [2.24, 2.45) is 0 Å². The summed E-state index contributed by atoms with van der Waals surface area (Å²) in [5.41, 5.74) is 0.625. The predicted molar refractivity (Wildman–Crippen MR) is 53.8 cm³/mol. The molecule has 0 bridgehead atoms. The third kappa shape index (κ3) is 1.88. The maximum absolute atomic E-state index is 10.9. The summed E-state index contributed by atoms with van der Waals surface area (Å²) in [6, 6.07) is 7.88. The summed E-state index contributed by atoms with van der Waals surface area (Å²) in [5, 5.41) is 9.35. The van der Waals surface area contributed by atoms with Gasteiger partial charge in [-0.1, -0.05) is 12.1 Å². The minimum atomic E-state index is -0.909. The molecule has 0 unspecified atom stereocenters. The van der Waals surface area contributed by atoms with Crippen molar-refractivity contribution < 1.29 is 14.3 Å². The fourth-order valence-electron chi connectivity index (χ4n) is 1.48. The maximum Gasteiger partial charge on any atom is 0.336 e. The van der Waals surface area contributed by atoms with Gasteiger partial charge in [0.1, 0.15) is 5.58 Å². The van der Waals surface area contributed by atoms with E-state index in [0.29, 0.717) is 16.5 Å². The molecule has 0 aliphatic heterocycles. The fraction of sp³-hybridized carbons (Fsp3) is 0.0909. The van der Waals surface area contributed by atoms with Crippen LogP contribution in [0.5, 0.6) is 0 Å². The Balaban J connectivity index is 2.65. The number of fused-ring (bicyclic) bond motifs is 1. The van der Waals surface area contributed by atoms with Gasteiger partial charge >= 0.3 is 11.6 Å². The van der Waals surface area contributed by atoms with E-state index in [1.54, 1.807) is 24.3 Å². The first-order chi connectivity index (χ1) is 7.16. The standard InChI is InChI=1S/C11H8O4/c12-10(13)6-7-2-1-3-9-8(7)4-5-11(14)15-9/h1-5H,6H2,(H,12,13). The molecule has 4 nitrogen and oxygen atoms in total. The minimum absolute atomic E-state index is 0.0783. The highest BCUT2D eigenvalue weighted by molar-refractivity contribution is 5.84. The van der Waals surface area contributed by atoms with E-state index < -0.39 is 11.6 Å². The number of hydrogen-bond acceptors (Lipinski definition) is 3. The van der Waals surface area contributed by atoms with Gasteiger partial charge < -0.3 is 9.52 Å². The normalized spacial score (nSPS) is 10.4. The van der Waals surface area contributed by atoms with Crippen LogP contribution < -0.4 is 5.63 Å². The molecule has 0 fully saturated rings. The monoisotopic (exact) mass is 204 g/mol. The molecule has 1 aromatic carbocycles. The molecule has 1 heterocycles. The zero-order valence-corrected chi connectivity index (χ0v) is 7.77. The van der Waals surface area contributed by atoms with Gasteiger partial charge in [0.05, 0.1) is 6.42 Å². The molecule has 2 aromatic rings. The third-order valence-electron chi connectivity index (χ3n) is 2.09. The Kier molecular flexibility index (Phi) is 2.25. The predicted octanol–water partition coefficient (Wildman–Crippen LogP) is 1.42. The van der Waals surface area contributed by atoms with Crippen molar-refractivity contribution in [1.82, 2.24) is 0 Å².